The van der Waals surface area contributed by atoms with Gasteiger partial charge in [-0.15, -0.1) is 0 Å². The summed E-state index contributed by atoms with van der Waals surface area (Å²) in [5, 5.41) is 11.1. The molecule has 1 saturated heterocycles. The van der Waals surface area contributed by atoms with Crippen molar-refractivity contribution in [2.24, 2.45) is 24.8 Å². The molecule has 0 bridgehead atoms. The molecule has 2 aliphatic carbocycles. The van der Waals surface area contributed by atoms with Crippen LogP contribution in [-0.2, 0) is 18.4 Å². The zero-order chi connectivity index (χ0) is 25.4. The van der Waals surface area contributed by atoms with E-state index >= 15 is 0 Å². The summed E-state index contributed by atoms with van der Waals surface area (Å²) in [4.78, 5) is 32.9. The first-order valence-electron chi connectivity index (χ1n) is 14.0. The van der Waals surface area contributed by atoms with E-state index < -0.39 is 0 Å². The predicted octanol–water partition coefficient (Wildman–Crippen LogP) is 3.55. The second kappa shape index (κ2) is 10.4. The van der Waals surface area contributed by atoms with Gasteiger partial charge in [0.25, 0.3) is 0 Å². The van der Waals surface area contributed by atoms with Crippen molar-refractivity contribution in [1.29, 1.82) is 0 Å². The molecule has 37 heavy (non-hydrogen) atoms. The van der Waals surface area contributed by atoms with Crippen LogP contribution < -0.4 is 15.5 Å². The molecular weight excluding hydrogens is 466 g/mol. The maximum absolute atomic E-state index is 13.8. The van der Waals surface area contributed by atoms with Gasteiger partial charge in [0.1, 0.15) is 5.82 Å². The van der Waals surface area contributed by atoms with Crippen molar-refractivity contribution in [3.63, 3.8) is 0 Å². The molecule has 9 heteroatoms. The Morgan fingerprint density at radius 2 is 1.73 bits per heavy atom. The smallest absolute Gasteiger partial charge is 0.317 e. The fourth-order valence-electron chi connectivity index (χ4n) is 6.13. The summed E-state index contributed by atoms with van der Waals surface area (Å²) in [6.45, 7) is 6.07. The highest BCUT2D eigenvalue weighted by Crippen LogP contribution is 2.38. The monoisotopic (exact) mass is 505 g/mol. The van der Waals surface area contributed by atoms with Gasteiger partial charge in [-0.3, -0.25) is 14.4 Å². The number of anilines is 3. The van der Waals surface area contributed by atoms with Crippen LogP contribution in [0.1, 0.15) is 44.1 Å². The summed E-state index contributed by atoms with van der Waals surface area (Å²) < 4.78 is 1.83. The summed E-state index contributed by atoms with van der Waals surface area (Å²) >= 11 is 0. The van der Waals surface area contributed by atoms with E-state index in [1.807, 2.05) is 52.0 Å². The lowest BCUT2D eigenvalue weighted by Gasteiger charge is -2.35. The van der Waals surface area contributed by atoms with E-state index in [4.69, 9.17) is 0 Å². The normalized spacial score (nSPS) is 24.0. The zero-order valence-corrected chi connectivity index (χ0v) is 21.9. The van der Waals surface area contributed by atoms with Gasteiger partial charge in [-0.05, 0) is 62.5 Å². The summed E-state index contributed by atoms with van der Waals surface area (Å²) in [7, 11) is 1.92. The number of amides is 3. The fourth-order valence-corrected chi connectivity index (χ4v) is 6.13. The van der Waals surface area contributed by atoms with Crippen molar-refractivity contribution < 1.29 is 9.59 Å². The SMILES string of the molecule is Cn1ncc2c1Nc1ccccc1N(C(=O)C1CCC(CNC(=O)N3CCN(CC4CC4)CC3)CC1)C2. The largest absolute Gasteiger partial charge is 0.338 e. The van der Waals surface area contributed by atoms with Gasteiger partial charge in [0, 0.05) is 57.8 Å². The highest BCUT2D eigenvalue weighted by Gasteiger charge is 2.34. The van der Waals surface area contributed by atoms with Gasteiger partial charge in [0.05, 0.1) is 24.1 Å². The van der Waals surface area contributed by atoms with Gasteiger partial charge >= 0.3 is 6.03 Å². The van der Waals surface area contributed by atoms with E-state index in [1.165, 1.54) is 19.4 Å². The first kappa shape index (κ1) is 24.3. The lowest BCUT2D eigenvalue weighted by atomic mass is 9.81. The van der Waals surface area contributed by atoms with Crippen molar-refractivity contribution in [3.8, 4) is 0 Å². The summed E-state index contributed by atoms with van der Waals surface area (Å²) in [6, 6.07) is 8.09. The van der Waals surface area contributed by atoms with Gasteiger partial charge in [0.2, 0.25) is 5.91 Å². The third-order valence-corrected chi connectivity index (χ3v) is 8.67. The van der Waals surface area contributed by atoms with Crippen LogP contribution in [0.5, 0.6) is 0 Å². The molecule has 2 saturated carbocycles. The standard InChI is InChI=1S/C28H39N7O2/c1-32-26-23(17-30-32)19-35(25-5-3-2-4-24(25)31-26)27(36)22-10-8-20(9-11-22)16-29-28(37)34-14-12-33(13-15-34)18-21-6-7-21/h2-5,17,20-22,31H,6-16,18-19H2,1H3,(H,29,37). The number of carbonyl (C=O) groups is 2. The van der Waals surface area contributed by atoms with Gasteiger partial charge in [0.15, 0.2) is 0 Å². The molecule has 2 aliphatic heterocycles. The Hall–Kier alpha value is -3.07. The van der Waals surface area contributed by atoms with E-state index in [-0.39, 0.29) is 17.9 Å². The second-order valence-electron chi connectivity index (χ2n) is 11.3. The minimum absolute atomic E-state index is 0.0118. The molecule has 2 N–H and O–H groups in total. The van der Waals surface area contributed by atoms with Gasteiger partial charge < -0.3 is 20.4 Å². The number of aromatic nitrogens is 2. The number of benzene rings is 1. The van der Waals surface area contributed by atoms with Gasteiger partial charge in [-0.2, -0.15) is 5.10 Å². The van der Waals surface area contributed by atoms with E-state index in [9.17, 15) is 9.59 Å². The Bertz CT molecular complexity index is 1130. The minimum atomic E-state index is 0.0118. The Labute approximate surface area is 219 Å². The molecule has 1 aromatic carbocycles. The van der Waals surface area contributed by atoms with Crippen molar-refractivity contribution >= 4 is 29.1 Å². The van der Waals surface area contributed by atoms with Crippen molar-refractivity contribution in [2.45, 2.75) is 45.1 Å². The summed E-state index contributed by atoms with van der Waals surface area (Å²) in [5.74, 6) is 2.48. The van der Waals surface area contributed by atoms with E-state index in [0.29, 0.717) is 19.0 Å². The first-order chi connectivity index (χ1) is 18.0. The number of nitrogens with one attached hydrogen (secondary N) is 2. The fraction of sp³-hybridized carbons (Fsp3) is 0.607. The number of hydrogen-bond donors (Lipinski definition) is 2. The molecule has 3 amide bonds. The zero-order valence-electron chi connectivity index (χ0n) is 21.9. The molecule has 9 nitrogen and oxygen atoms in total. The third kappa shape index (κ3) is 5.32. The molecule has 3 fully saturated rings. The number of rotatable bonds is 5. The molecule has 0 radical (unpaired) electrons. The number of aryl methyl sites for hydroxylation is 1. The Morgan fingerprint density at radius 3 is 2.49 bits per heavy atom. The molecule has 3 heterocycles. The van der Waals surface area contributed by atoms with Crippen LogP contribution in [0.2, 0.25) is 0 Å². The molecule has 6 rings (SSSR count). The molecular formula is C28H39N7O2. The number of hydrogen-bond acceptors (Lipinski definition) is 5. The number of fused-ring (bicyclic) bond motifs is 2. The van der Waals surface area contributed by atoms with Crippen molar-refractivity contribution in [1.82, 2.24) is 24.9 Å². The van der Waals surface area contributed by atoms with Crippen molar-refractivity contribution in [3.05, 3.63) is 36.0 Å². The maximum atomic E-state index is 13.8. The maximum Gasteiger partial charge on any atom is 0.317 e. The molecule has 0 atom stereocenters. The Kier molecular flexibility index (Phi) is 6.80. The predicted molar refractivity (Wildman–Crippen MR) is 144 cm³/mol. The number of urea groups is 1. The van der Waals surface area contributed by atoms with Gasteiger partial charge in [-0.25, -0.2) is 4.79 Å². The quantitative estimate of drug-likeness (QED) is 0.649. The van der Waals surface area contributed by atoms with Crippen LogP contribution in [0.3, 0.4) is 0 Å². The van der Waals surface area contributed by atoms with E-state index in [0.717, 1.165) is 80.5 Å². The minimum Gasteiger partial charge on any atom is -0.338 e. The average molecular weight is 506 g/mol. The van der Waals surface area contributed by atoms with Crippen LogP contribution in [0, 0.1) is 17.8 Å². The van der Waals surface area contributed by atoms with Crippen LogP contribution in [-0.4, -0.2) is 70.8 Å². The molecule has 4 aliphatic rings. The number of piperazine rings is 1. The topological polar surface area (TPSA) is 85.7 Å². The van der Waals surface area contributed by atoms with Crippen LogP contribution >= 0.6 is 0 Å². The highest BCUT2D eigenvalue weighted by molar-refractivity contribution is 5.99. The van der Waals surface area contributed by atoms with Crippen molar-refractivity contribution in [2.75, 3.05) is 49.5 Å². The third-order valence-electron chi connectivity index (χ3n) is 8.67. The summed E-state index contributed by atoms with van der Waals surface area (Å²) in [5.41, 5.74) is 2.88. The number of carbonyl (C=O) groups excluding carboxylic acids is 2. The lowest BCUT2D eigenvalue weighted by Crippen LogP contribution is -2.52. The first-order valence-corrected chi connectivity index (χ1v) is 14.0. The van der Waals surface area contributed by atoms with Crippen LogP contribution in [0.4, 0.5) is 22.0 Å². The lowest BCUT2D eigenvalue weighted by molar-refractivity contribution is -0.123. The Morgan fingerprint density at radius 1 is 1.00 bits per heavy atom. The molecule has 0 spiro atoms. The molecule has 2 aromatic rings. The molecule has 1 aromatic heterocycles. The van der Waals surface area contributed by atoms with E-state index in [1.54, 1.807) is 0 Å². The second-order valence-corrected chi connectivity index (χ2v) is 11.3. The van der Waals surface area contributed by atoms with Crippen LogP contribution in [0.15, 0.2) is 30.5 Å². The molecule has 198 valence electrons. The highest BCUT2D eigenvalue weighted by atomic mass is 16.2. The number of nitrogens with zero attached hydrogens (tertiary/aromatic N) is 5. The molecule has 0 unspecified atom stereocenters. The van der Waals surface area contributed by atoms with E-state index in [2.05, 4.69) is 20.6 Å². The van der Waals surface area contributed by atoms with Gasteiger partial charge in [-0.1, -0.05) is 12.1 Å². The number of para-hydroxylation sites is 2. The summed E-state index contributed by atoms with van der Waals surface area (Å²) in [6.07, 6.45) is 8.28. The average Bonchev–Trinajstić information content (AvgIpc) is 3.71. The van der Waals surface area contributed by atoms with Crippen LogP contribution in [0.25, 0.3) is 0 Å². The Balaban J connectivity index is 1.00.